The lowest BCUT2D eigenvalue weighted by molar-refractivity contribution is -0.137. The van der Waals surface area contributed by atoms with Crippen molar-refractivity contribution in [3.8, 4) is 0 Å². The number of benzene rings is 1. The number of rotatable bonds is 4. The quantitative estimate of drug-likeness (QED) is 0.745. The Kier molecular flexibility index (Phi) is 4.12. The molecule has 0 spiro atoms. The highest BCUT2D eigenvalue weighted by Crippen LogP contribution is 2.27. The third kappa shape index (κ3) is 3.37. The first-order valence-electron chi connectivity index (χ1n) is 4.63. The summed E-state index contributed by atoms with van der Waals surface area (Å²) >= 11 is 3.14. The van der Waals surface area contributed by atoms with Crippen molar-refractivity contribution in [2.45, 2.75) is 19.4 Å². The maximum atomic E-state index is 13.2. The standard InChI is InChI=1S/C10H12BrFN2O2/c1-5(2-9(15)16)14-8-4-6(11)3-7(12)10(8)13/h3-5,14H,2,13H2,1H3,(H,15,16). The number of nitrogens with one attached hydrogen (secondary N) is 1. The average molecular weight is 291 g/mol. The Hall–Kier alpha value is -1.30. The van der Waals surface area contributed by atoms with Crippen LogP contribution in [0.25, 0.3) is 0 Å². The zero-order chi connectivity index (χ0) is 12.3. The van der Waals surface area contributed by atoms with Crippen molar-refractivity contribution in [1.29, 1.82) is 0 Å². The molecule has 0 aliphatic rings. The minimum absolute atomic E-state index is 0.0135. The summed E-state index contributed by atoms with van der Waals surface area (Å²) in [5, 5.41) is 11.4. The Morgan fingerprint density at radius 3 is 2.88 bits per heavy atom. The summed E-state index contributed by atoms with van der Waals surface area (Å²) in [4.78, 5) is 10.5. The molecule has 0 radical (unpaired) electrons. The van der Waals surface area contributed by atoms with Crippen LogP contribution in [0.5, 0.6) is 0 Å². The van der Waals surface area contributed by atoms with E-state index in [4.69, 9.17) is 10.8 Å². The van der Waals surface area contributed by atoms with Crippen molar-refractivity contribution in [3.63, 3.8) is 0 Å². The van der Waals surface area contributed by atoms with E-state index in [-0.39, 0.29) is 18.2 Å². The zero-order valence-corrected chi connectivity index (χ0v) is 10.2. The molecule has 1 rings (SSSR count). The van der Waals surface area contributed by atoms with Crippen molar-refractivity contribution in [2.24, 2.45) is 0 Å². The average Bonchev–Trinajstić information content (AvgIpc) is 2.11. The van der Waals surface area contributed by atoms with Crippen LogP contribution >= 0.6 is 15.9 Å². The number of hydrogen-bond acceptors (Lipinski definition) is 3. The molecule has 1 atom stereocenters. The van der Waals surface area contributed by atoms with Crippen LogP contribution in [-0.2, 0) is 4.79 Å². The first-order chi connectivity index (χ1) is 7.40. The molecule has 16 heavy (non-hydrogen) atoms. The van der Waals surface area contributed by atoms with E-state index >= 15 is 0 Å². The summed E-state index contributed by atoms with van der Waals surface area (Å²) < 4.78 is 13.8. The van der Waals surface area contributed by atoms with Gasteiger partial charge in [0.15, 0.2) is 0 Å². The van der Waals surface area contributed by atoms with E-state index in [1.165, 1.54) is 6.07 Å². The van der Waals surface area contributed by atoms with E-state index < -0.39 is 11.8 Å². The third-order valence-corrected chi connectivity index (χ3v) is 2.43. The summed E-state index contributed by atoms with van der Waals surface area (Å²) in [6.07, 6.45) is -0.0619. The number of carboxylic acid groups (broad SMARTS) is 1. The number of carboxylic acids is 1. The minimum Gasteiger partial charge on any atom is -0.481 e. The van der Waals surface area contributed by atoms with Crippen LogP contribution in [0.4, 0.5) is 15.8 Å². The number of halogens is 2. The fourth-order valence-corrected chi connectivity index (χ4v) is 1.71. The van der Waals surface area contributed by atoms with Gasteiger partial charge in [-0.1, -0.05) is 15.9 Å². The summed E-state index contributed by atoms with van der Waals surface area (Å²) in [5.74, 6) is -1.46. The third-order valence-electron chi connectivity index (χ3n) is 1.98. The van der Waals surface area contributed by atoms with Crippen LogP contribution < -0.4 is 11.1 Å². The monoisotopic (exact) mass is 290 g/mol. The normalized spacial score (nSPS) is 12.2. The lowest BCUT2D eigenvalue weighted by atomic mass is 10.2. The summed E-state index contributed by atoms with van der Waals surface area (Å²) in [5.41, 5.74) is 5.90. The Morgan fingerprint density at radius 2 is 2.31 bits per heavy atom. The molecule has 0 aromatic heterocycles. The molecule has 0 saturated heterocycles. The topological polar surface area (TPSA) is 75.3 Å². The smallest absolute Gasteiger partial charge is 0.305 e. The van der Waals surface area contributed by atoms with E-state index in [2.05, 4.69) is 21.2 Å². The van der Waals surface area contributed by atoms with E-state index in [1.54, 1.807) is 13.0 Å². The molecule has 1 aromatic carbocycles. The van der Waals surface area contributed by atoms with Gasteiger partial charge in [0.2, 0.25) is 0 Å². The molecule has 4 N–H and O–H groups in total. The van der Waals surface area contributed by atoms with E-state index in [1.807, 2.05) is 0 Å². The highest BCUT2D eigenvalue weighted by Gasteiger charge is 2.11. The maximum Gasteiger partial charge on any atom is 0.305 e. The summed E-state index contributed by atoms with van der Waals surface area (Å²) in [6, 6.07) is 2.53. The van der Waals surface area contributed by atoms with Gasteiger partial charge in [-0.15, -0.1) is 0 Å². The van der Waals surface area contributed by atoms with Crippen LogP contribution in [0.2, 0.25) is 0 Å². The van der Waals surface area contributed by atoms with Gasteiger partial charge < -0.3 is 16.2 Å². The molecule has 0 saturated carbocycles. The Labute approximate surface area is 101 Å². The van der Waals surface area contributed by atoms with E-state index in [9.17, 15) is 9.18 Å². The predicted molar refractivity (Wildman–Crippen MR) is 63.8 cm³/mol. The second kappa shape index (κ2) is 5.16. The molecule has 4 nitrogen and oxygen atoms in total. The van der Waals surface area contributed by atoms with Gasteiger partial charge >= 0.3 is 5.97 Å². The molecule has 0 heterocycles. The van der Waals surface area contributed by atoms with Crippen LogP contribution in [0.1, 0.15) is 13.3 Å². The summed E-state index contributed by atoms with van der Waals surface area (Å²) in [7, 11) is 0. The van der Waals surface area contributed by atoms with Gasteiger partial charge in [0.1, 0.15) is 5.82 Å². The van der Waals surface area contributed by atoms with E-state index in [0.29, 0.717) is 10.2 Å². The number of hydrogen-bond donors (Lipinski definition) is 3. The molecule has 6 heteroatoms. The Balaban J connectivity index is 2.84. The van der Waals surface area contributed by atoms with Crippen molar-refractivity contribution < 1.29 is 14.3 Å². The Morgan fingerprint density at radius 1 is 1.69 bits per heavy atom. The number of nitrogen functional groups attached to an aromatic ring is 1. The molecule has 1 unspecified atom stereocenters. The van der Waals surface area contributed by atoms with Crippen LogP contribution in [0, 0.1) is 5.82 Å². The number of carbonyl (C=O) groups is 1. The van der Waals surface area contributed by atoms with Crippen molar-refractivity contribution in [3.05, 3.63) is 22.4 Å². The maximum absolute atomic E-state index is 13.2. The van der Waals surface area contributed by atoms with Crippen molar-refractivity contribution in [2.75, 3.05) is 11.1 Å². The van der Waals surface area contributed by atoms with Gasteiger partial charge in [0.05, 0.1) is 17.8 Å². The van der Waals surface area contributed by atoms with Crippen LogP contribution in [0.15, 0.2) is 16.6 Å². The van der Waals surface area contributed by atoms with Crippen LogP contribution in [0.3, 0.4) is 0 Å². The summed E-state index contributed by atoms with van der Waals surface area (Å²) in [6.45, 7) is 1.69. The fourth-order valence-electron chi connectivity index (χ4n) is 1.28. The number of anilines is 2. The zero-order valence-electron chi connectivity index (χ0n) is 8.63. The van der Waals surface area contributed by atoms with Gasteiger partial charge in [0, 0.05) is 10.5 Å². The molecule has 0 bridgehead atoms. The molecule has 88 valence electrons. The molecule has 1 aromatic rings. The lowest BCUT2D eigenvalue weighted by Crippen LogP contribution is -2.20. The predicted octanol–water partition coefficient (Wildman–Crippen LogP) is 2.45. The highest BCUT2D eigenvalue weighted by atomic mass is 79.9. The second-order valence-corrected chi connectivity index (χ2v) is 4.41. The van der Waals surface area contributed by atoms with Crippen molar-refractivity contribution >= 4 is 33.3 Å². The first-order valence-corrected chi connectivity index (χ1v) is 5.42. The van der Waals surface area contributed by atoms with Gasteiger partial charge in [-0.05, 0) is 19.1 Å². The molecule has 0 aliphatic carbocycles. The van der Waals surface area contributed by atoms with Crippen LogP contribution in [-0.4, -0.2) is 17.1 Å². The highest BCUT2D eigenvalue weighted by molar-refractivity contribution is 9.10. The number of nitrogens with two attached hydrogens (primary N) is 1. The largest absolute Gasteiger partial charge is 0.481 e. The van der Waals surface area contributed by atoms with Gasteiger partial charge in [0.25, 0.3) is 0 Å². The SMILES string of the molecule is CC(CC(=O)O)Nc1cc(Br)cc(F)c1N. The molecular formula is C10H12BrFN2O2. The minimum atomic E-state index is -0.922. The van der Waals surface area contributed by atoms with Gasteiger partial charge in [-0.25, -0.2) is 4.39 Å². The molecule has 0 fully saturated rings. The Bertz CT molecular complexity index is 412. The lowest BCUT2D eigenvalue weighted by Gasteiger charge is -2.15. The second-order valence-electron chi connectivity index (χ2n) is 3.49. The van der Waals surface area contributed by atoms with Gasteiger partial charge in [-0.2, -0.15) is 0 Å². The molecule has 0 amide bonds. The molecule has 0 aliphatic heterocycles. The fraction of sp³-hybridized carbons (Fsp3) is 0.300. The van der Waals surface area contributed by atoms with Gasteiger partial charge in [-0.3, -0.25) is 4.79 Å². The van der Waals surface area contributed by atoms with Crippen molar-refractivity contribution in [1.82, 2.24) is 0 Å². The molecular weight excluding hydrogens is 279 g/mol. The van der Waals surface area contributed by atoms with E-state index in [0.717, 1.165) is 0 Å². The number of aliphatic carboxylic acids is 1. The first kappa shape index (κ1) is 12.8.